The zero-order valence-corrected chi connectivity index (χ0v) is 15.5. The van der Waals surface area contributed by atoms with E-state index in [0.717, 1.165) is 12.0 Å². The van der Waals surface area contributed by atoms with Gasteiger partial charge in [0.2, 0.25) is 0 Å². The van der Waals surface area contributed by atoms with E-state index in [2.05, 4.69) is 5.32 Å². The van der Waals surface area contributed by atoms with Gasteiger partial charge in [0.25, 0.3) is 5.91 Å². The van der Waals surface area contributed by atoms with Gasteiger partial charge in [0, 0.05) is 12.0 Å². The predicted molar refractivity (Wildman–Crippen MR) is 94.0 cm³/mol. The molecule has 0 bridgehead atoms. The third-order valence-corrected chi connectivity index (χ3v) is 4.63. The van der Waals surface area contributed by atoms with Gasteiger partial charge in [-0.15, -0.1) is 0 Å². The summed E-state index contributed by atoms with van der Waals surface area (Å²) in [6, 6.07) is 5.63. The van der Waals surface area contributed by atoms with Gasteiger partial charge in [0.15, 0.2) is 18.1 Å². The van der Waals surface area contributed by atoms with Crippen molar-refractivity contribution < 1.29 is 24.2 Å². The fraction of sp³-hybridized carbons (Fsp3) is 0.579. The lowest BCUT2D eigenvalue weighted by Crippen LogP contribution is -2.52. The number of amides is 1. The molecule has 2 rings (SSSR count). The monoisotopic (exact) mass is 349 g/mol. The van der Waals surface area contributed by atoms with Crippen LogP contribution in [0.4, 0.5) is 0 Å². The first kappa shape index (κ1) is 19.1. The Morgan fingerprint density at radius 3 is 2.68 bits per heavy atom. The van der Waals surface area contributed by atoms with Crippen LogP contribution in [0.3, 0.4) is 0 Å². The summed E-state index contributed by atoms with van der Waals surface area (Å²) in [7, 11) is 0. The van der Waals surface area contributed by atoms with E-state index in [0.29, 0.717) is 11.5 Å². The number of hydrogen-bond acceptors (Lipinski definition) is 4. The van der Waals surface area contributed by atoms with Crippen molar-refractivity contribution in [1.82, 2.24) is 5.32 Å². The summed E-state index contributed by atoms with van der Waals surface area (Å²) in [4.78, 5) is 23.3. The predicted octanol–water partition coefficient (Wildman–Crippen LogP) is 2.78. The van der Waals surface area contributed by atoms with E-state index in [1.165, 1.54) is 0 Å². The van der Waals surface area contributed by atoms with Crippen LogP contribution in [-0.2, 0) is 16.0 Å². The van der Waals surface area contributed by atoms with Crippen LogP contribution in [0.5, 0.6) is 11.5 Å². The van der Waals surface area contributed by atoms with Crippen LogP contribution in [0.1, 0.15) is 46.6 Å². The van der Waals surface area contributed by atoms with Crippen molar-refractivity contribution >= 4 is 11.9 Å². The molecule has 1 atom stereocenters. The minimum absolute atomic E-state index is 0.0299. The normalized spacial score (nSPS) is 17.4. The molecule has 1 aromatic carbocycles. The Kier molecular flexibility index (Phi) is 5.30. The summed E-state index contributed by atoms with van der Waals surface area (Å²) in [5.41, 5.74) is -0.0636. The molecule has 0 aromatic heterocycles. The zero-order valence-electron chi connectivity index (χ0n) is 15.5. The van der Waals surface area contributed by atoms with Crippen LogP contribution >= 0.6 is 0 Å². The van der Waals surface area contributed by atoms with E-state index in [9.17, 15) is 9.59 Å². The smallest absolute Gasteiger partial charge is 0.305 e. The van der Waals surface area contributed by atoms with Crippen LogP contribution in [0.25, 0.3) is 0 Å². The van der Waals surface area contributed by atoms with Gasteiger partial charge in [-0.05, 0) is 32.8 Å². The van der Waals surface area contributed by atoms with Crippen LogP contribution < -0.4 is 14.8 Å². The lowest BCUT2D eigenvalue weighted by molar-refractivity contribution is -0.139. The van der Waals surface area contributed by atoms with E-state index in [1.807, 2.05) is 39.8 Å². The quantitative estimate of drug-likeness (QED) is 0.791. The second-order valence-corrected chi connectivity index (χ2v) is 7.76. The number of rotatable bonds is 7. The van der Waals surface area contributed by atoms with Crippen molar-refractivity contribution in [3.05, 3.63) is 23.8 Å². The van der Waals surface area contributed by atoms with E-state index in [1.54, 1.807) is 13.0 Å². The molecule has 6 heteroatoms. The number of benzene rings is 1. The van der Waals surface area contributed by atoms with Crippen molar-refractivity contribution in [2.45, 2.75) is 58.6 Å². The molecule has 1 aliphatic heterocycles. The second kappa shape index (κ2) is 6.94. The molecule has 138 valence electrons. The number of nitrogens with one attached hydrogen (secondary N) is 1. The minimum atomic E-state index is -0.950. The molecule has 1 unspecified atom stereocenters. The second-order valence-electron chi connectivity index (χ2n) is 7.76. The standard InChI is InChI=1S/C19H27NO5/c1-12(2)19(5,10-16(22)23)20-15(21)11-24-14-8-6-7-13-9-18(3,4)25-17(13)14/h6-8,12H,9-11H2,1-5H3,(H,20,21)(H,22,23). The van der Waals surface area contributed by atoms with Crippen molar-refractivity contribution in [1.29, 1.82) is 0 Å². The van der Waals surface area contributed by atoms with Gasteiger partial charge in [-0.1, -0.05) is 26.0 Å². The Morgan fingerprint density at radius 1 is 1.40 bits per heavy atom. The Labute approximate surface area is 148 Å². The summed E-state index contributed by atoms with van der Waals surface area (Å²) >= 11 is 0. The van der Waals surface area contributed by atoms with Crippen molar-refractivity contribution in [3.63, 3.8) is 0 Å². The third kappa shape index (κ3) is 4.65. The molecule has 25 heavy (non-hydrogen) atoms. The first-order valence-corrected chi connectivity index (χ1v) is 8.49. The highest BCUT2D eigenvalue weighted by molar-refractivity contribution is 5.79. The molecule has 1 aliphatic rings. The Hall–Kier alpha value is -2.24. The van der Waals surface area contributed by atoms with Gasteiger partial charge in [0.05, 0.1) is 12.0 Å². The van der Waals surface area contributed by atoms with Gasteiger partial charge >= 0.3 is 5.97 Å². The van der Waals surface area contributed by atoms with Gasteiger partial charge in [0.1, 0.15) is 5.60 Å². The number of carbonyl (C=O) groups excluding carboxylic acids is 1. The third-order valence-electron chi connectivity index (χ3n) is 4.63. The van der Waals surface area contributed by atoms with E-state index >= 15 is 0 Å². The molecule has 2 N–H and O–H groups in total. The number of hydrogen-bond donors (Lipinski definition) is 2. The lowest BCUT2D eigenvalue weighted by Gasteiger charge is -2.33. The number of carbonyl (C=O) groups is 2. The maximum absolute atomic E-state index is 12.3. The fourth-order valence-electron chi connectivity index (χ4n) is 2.91. The maximum atomic E-state index is 12.3. The number of aliphatic carboxylic acids is 1. The summed E-state index contributed by atoms with van der Waals surface area (Å²) in [5, 5.41) is 11.9. The molecule has 1 aromatic rings. The number of carboxylic acids is 1. The summed E-state index contributed by atoms with van der Waals surface area (Å²) < 4.78 is 11.6. The highest BCUT2D eigenvalue weighted by atomic mass is 16.5. The van der Waals surface area contributed by atoms with Gasteiger partial charge < -0.3 is 19.9 Å². The average molecular weight is 349 g/mol. The van der Waals surface area contributed by atoms with Crippen LogP contribution in [0, 0.1) is 5.92 Å². The van der Waals surface area contributed by atoms with E-state index in [4.69, 9.17) is 14.6 Å². The highest BCUT2D eigenvalue weighted by Crippen LogP contribution is 2.41. The molecule has 0 spiro atoms. The van der Waals surface area contributed by atoms with Crippen LogP contribution in [0.15, 0.2) is 18.2 Å². The molecule has 0 fully saturated rings. The highest BCUT2D eigenvalue weighted by Gasteiger charge is 2.34. The summed E-state index contributed by atoms with van der Waals surface area (Å²) in [6.07, 6.45) is 0.643. The Morgan fingerprint density at radius 2 is 2.08 bits per heavy atom. The van der Waals surface area contributed by atoms with Gasteiger partial charge in [-0.2, -0.15) is 0 Å². The molecule has 1 heterocycles. The summed E-state index contributed by atoms with van der Waals surface area (Å²) in [5.74, 6) is -0.126. The first-order chi connectivity index (χ1) is 11.5. The lowest BCUT2D eigenvalue weighted by atomic mass is 9.85. The minimum Gasteiger partial charge on any atom is -0.483 e. The largest absolute Gasteiger partial charge is 0.483 e. The number of para-hydroxylation sites is 1. The Balaban J connectivity index is 2.02. The van der Waals surface area contributed by atoms with Crippen molar-refractivity contribution in [3.8, 4) is 11.5 Å². The molecule has 1 amide bonds. The molecule has 0 aliphatic carbocycles. The molecule has 0 radical (unpaired) electrons. The molecule has 0 saturated carbocycles. The SMILES string of the molecule is CC(C)C(C)(CC(=O)O)NC(=O)COc1cccc2c1OC(C)(C)C2. The summed E-state index contributed by atoms with van der Waals surface area (Å²) in [6.45, 7) is 9.30. The Bertz CT molecular complexity index is 668. The zero-order chi connectivity index (χ0) is 18.8. The molecular formula is C19H27NO5. The van der Waals surface area contributed by atoms with Crippen LogP contribution in [-0.4, -0.2) is 34.7 Å². The number of carboxylic acid groups (broad SMARTS) is 1. The topological polar surface area (TPSA) is 84.9 Å². The van der Waals surface area contributed by atoms with Crippen molar-refractivity contribution in [2.75, 3.05) is 6.61 Å². The van der Waals surface area contributed by atoms with Gasteiger partial charge in [-0.3, -0.25) is 9.59 Å². The fourth-order valence-corrected chi connectivity index (χ4v) is 2.91. The maximum Gasteiger partial charge on any atom is 0.305 e. The van der Waals surface area contributed by atoms with E-state index < -0.39 is 11.5 Å². The average Bonchev–Trinajstić information content (AvgIpc) is 2.78. The number of fused-ring (bicyclic) bond motifs is 1. The van der Waals surface area contributed by atoms with Crippen LogP contribution in [0.2, 0.25) is 0 Å². The van der Waals surface area contributed by atoms with Gasteiger partial charge in [-0.25, -0.2) is 0 Å². The first-order valence-electron chi connectivity index (χ1n) is 8.49. The van der Waals surface area contributed by atoms with Crippen molar-refractivity contribution in [2.24, 2.45) is 5.92 Å². The number of ether oxygens (including phenoxy) is 2. The molecule has 0 saturated heterocycles. The molecular weight excluding hydrogens is 322 g/mol. The molecule has 6 nitrogen and oxygen atoms in total. The van der Waals surface area contributed by atoms with E-state index in [-0.39, 0.29) is 30.5 Å².